The molecule has 0 unspecified atom stereocenters. The monoisotopic (exact) mass is 342 g/mol. The fourth-order valence-corrected chi connectivity index (χ4v) is 2.61. The lowest BCUT2D eigenvalue weighted by Gasteiger charge is -2.40. The first-order chi connectivity index (χ1) is 10.7. The minimum Gasteiger partial charge on any atom is -0.467 e. The number of anilines is 1. The first-order valence-corrected chi connectivity index (χ1v) is 7.90. The van der Waals surface area contributed by atoms with Crippen molar-refractivity contribution in [3.8, 4) is 6.01 Å². The molecule has 0 spiro atoms. The predicted octanol–water partition coefficient (Wildman–Crippen LogP) is 2.58. The van der Waals surface area contributed by atoms with Crippen LogP contribution >= 0.6 is 11.6 Å². The fourth-order valence-electron chi connectivity index (χ4n) is 2.40. The van der Waals surface area contributed by atoms with Gasteiger partial charge >= 0.3 is 12.1 Å². The minimum atomic E-state index is -0.503. The zero-order chi connectivity index (χ0) is 17.2. The quantitative estimate of drug-likeness (QED) is 0.823. The molecule has 1 aliphatic heterocycles. The van der Waals surface area contributed by atoms with Crippen molar-refractivity contribution >= 4 is 23.5 Å². The Morgan fingerprint density at radius 2 is 2.09 bits per heavy atom. The van der Waals surface area contributed by atoms with Crippen molar-refractivity contribution in [1.29, 1.82) is 0 Å². The maximum absolute atomic E-state index is 12.2. The van der Waals surface area contributed by atoms with Crippen molar-refractivity contribution in [2.45, 2.75) is 39.3 Å². The summed E-state index contributed by atoms with van der Waals surface area (Å²) in [6, 6.07) is 0.252. The van der Waals surface area contributed by atoms with Crippen LogP contribution in [0.1, 0.15) is 27.7 Å². The van der Waals surface area contributed by atoms with Crippen molar-refractivity contribution < 1.29 is 14.3 Å². The maximum atomic E-state index is 12.2. The number of ether oxygens (including phenoxy) is 2. The molecule has 1 atom stereocenters. The molecule has 1 fully saturated rings. The number of hydrogen-bond acceptors (Lipinski definition) is 6. The van der Waals surface area contributed by atoms with Gasteiger partial charge in [0.05, 0.1) is 13.3 Å². The molecule has 23 heavy (non-hydrogen) atoms. The van der Waals surface area contributed by atoms with Crippen LogP contribution in [0.25, 0.3) is 0 Å². The Morgan fingerprint density at radius 3 is 2.65 bits per heavy atom. The number of hydrogen-bond donors (Lipinski definition) is 0. The topological polar surface area (TPSA) is 67.8 Å². The number of piperazine rings is 1. The van der Waals surface area contributed by atoms with Crippen molar-refractivity contribution in [1.82, 2.24) is 14.9 Å². The van der Waals surface area contributed by atoms with E-state index in [1.54, 1.807) is 4.90 Å². The SMILES string of the molecule is COc1ncc(Cl)c(N2CCN(C(=O)OC(C)(C)C)[C@H](C)C2)n1. The summed E-state index contributed by atoms with van der Waals surface area (Å²) in [4.78, 5) is 24.3. The highest BCUT2D eigenvalue weighted by atomic mass is 35.5. The largest absolute Gasteiger partial charge is 0.467 e. The Hall–Kier alpha value is -1.76. The molecule has 0 aromatic carbocycles. The highest BCUT2D eigenvalue weighted by molar-refractivity contribution is 6.32. The summed E-state index contributed by atoms with van der Waals surface area (Å²) >= 11 is 6.19. The molecule has 1 saturated heterocycles. The zero-order valence-electron chi connectivity index (χ0n) is 14.2. The average Bonchev–Trinajstić information content (AvgIpc) is 2.45. The Kier molecular flexibility index (Phi) is 5.19. The van der Waals surface area contributed by atoms with Crippen molar-refractivity contribution in [2.24, 2.45) is 0 Å². The summed E-state index contributed by atoms with van der Waals surface area (Å²) in [6.07, 6.45) is 1.23. The van der Waals surface area contributed by atoms with E-state index in [4.69, 9.17) is 21.1 Å². The molecule has 2 heterocycles. The average molecular weight is 343 g/mol. The van der Waals surface area contributed by atoms with Crippen molar-refractivity contribution in [2.75, 3.05) is 31.6 Å². The van der Waals surface area contributed by atoms with Gasteiger partial charge in [-0.15, -0.1) is 0 Å². The third kappa shape index (κ3) is 4.37. The Balaban J connectivity index is 2.08. The van der Waals surface area contributed by atoms with Gasteiger partial charge in [0.25, 0.3) is 0 Å². The second kappa shape index (κ2) is 6.78. The standard InChI is InChI=1S/C15H23ClN4O3/c1-10-9-19(12-11(16)8-17-13(18-12)22-5)6-7-20(10)14(21)23-15(2,3)4/h8,10H,6-7,9H2,1-5H3/t10-/m1/s1. The molecule has 0 radical (unpaired) electrons. The highest BCUT2D eigenvalue weighted by Crippen LogP contribution is 2.27. The molecule has 0 saturated carbocycles. The van der Waals surface area contributed by atoms with E-state index in [1.807, 2.05) is 32.6 Å². The lowest BCUT2D eigenvalue weighted by molar-refractivity contribution is 0.0158. The van der Waals surface area contributed by atoms with Crippen LogP contribution in [0, 0.1) is 0 Å². The smallest absolute Gasteiger partial charge is 0.410 e. The summed E-state index contributed by atoms with van der Waals surface area (Å²) < 4.78 is 10.5. The second-order valence-electron chi connectivity index (χ2n) is 6.50. The summed E-state index contributed by atoms with van der Waals surface area (Å²) in [5.74, 6) is 0.620. The summed E-state index contributed by atoms with van der Waals surface area (Å²) in [5.41, 5.74) is -0.503. The molecule has 8 heteroatoms. The van der Waals surface area contributed by atoms with Crippen molar-refractivity contribution in [3.05, 3.63) is 11.2 Å². The van der Waals surface area contributed by atoms with Gasteiger partial charge < -0.3 is 19.3 Å². The first-order valence-electron chi connectivity index (χ1n) is 7.52. The second-order valence-corrected chi connectivity index (χ2v) is 6.90. The van der Waals surface area contributed by atoms with E-state index in [2.05, 4.69) is 9.97 Å². The molecule has 0 bridgehead atoms. The Labute approximate surface area is 141 Å². The molecule has 2 rings (SSSR count). The van der Waals surface area contributed by atoms with Crippen LogP contribution < -0.4 is 9.64 Å². The van der Waals surface area contributed by atoms with Crippen molar-refractivity contribution in [3.63, 3.8) is 0 Å². The predicted molar refractivity (Wildman–Crippen MR) is 88.2 cm³/mol. The summed E-state index contributed by atoms with van der Waals surface area (Å²) in [6.45, 7) is 9.32. The number of amides is 1. The third-order valence-electron chi connectivity index (χ3n) is 3.44. The van der Waals surface area contributed by atoms with Gasteiger partial charge in [-0.25, -0.2) is 9.78 Å². The lowest BCUT2D eigenvalue weighted by atomic mass is 10.2. The van der Waals surface area contributed by atoms with E-state index in [0.29, 0.717) is 30.5 Å². The van der Waals surface area contributed by atoms with Gasteiger partial charge in [0.15, 0.2) is 5.82 Å². The van der Waals surface area contributed by atoms with Gasteiger partial charge in [-0.1, -0.05) is 11.6 Å². The third-order valence-corrected chi connectivity index (χ3v) is 3.71. The van der Waals surface area contributed by atoms with Gasteiger partial charge in [-0.3, -0.25) is 0 Å². The first kappa shape index (κ1) is 17.6. The van der Waals surface area contributed by atoms with Crippen LogP contribution in [0.2, 0.25) is 5.02 Å². The number of aromatic nitrogens is 2. The van der Waals surface area contributed by atoms with E-state index in [-0.39, 0.29) is 18.1 Å². The number of nitrogens with zero attached hydrogens (tertiary/aromatic N) is 4. The molecule has 1 aromatic rings. The van der Waals surface area contributed by atoms with Gasteiger partial charge in [0.2, 0.25) is 0 Å². The van der Waals surface area contributed by atoms with Gasteiger partial charge in [-0.05, 0) is 27.7 Å². The lowest BCUT2D eigenvalue weighted by Crippen LogP contribution is -2.55. The van der Waals surface area contributed by atoms with Crippen LogP contribution in [0.5, 0.6) is 6.01 Å². The molecule has 1 amide bonds. The number of carbonyl (C=O) groups excluding carboxylic acids is 1. The van der Waals surface area contributed by atoms with Gasteiger partial charge in [-0.2, -0.15) is 4.98 Å². The van der Waals surface area contributed by atoms with E-state index in [9.17, 15) is 4.79 Å². The maximum Gasteiger partial charge on any atom is 0.410 e. The molecule has 0 N–H and O–H groups in total. The highest BCUT2D eigenvalue weighted by Gasteiger charge is 2.32. The van der Waals surface area contributed by atoms with Crippen LogP contribution in [0.15, 0.2) is 6.20 Å². The molecule has 7 nitrogen and oxygen atoms in total. The molecular weight excluding hydrogens is 320 g/mol. The van der Waals surface area contributed by atoms with Crippen LogP contribution in [0.4, 0.5) is 10.6 Å². The van der Waals surface area contributed by atoms with E-state index < -0.39 is 5.60 Å². The Bertz CT molecular complexity index is 576. The van der Waals surface area contributed by atoms with Crippen LogP contribution in [-0.2, 0) is 4.74 Å². The normalized spacial score (nSPS) is 18.8. The summed E-state index contributed by atoms with van der Waals surface area (Å²) in [7, 11) is 1.51. The van der Waals surface area contributed by atoms with Gasteiger partial charge in [0.1, 0.15) is 10.6 Å². The number of rotatable bonds is 2. The van der Waals surface area contributed by atoms with Gasteiger partial charge in [0, 0.05) is 25.7 Å². The molecule has 0 aliphatic carbocycles. The molecular formula is C15H23ClN4O3. The fraction of sp³-hybridized carbons (Fsp3) is 0.667. The zero-order valence-corrected chi connectivity index (χ0v) is 14.9. The summed E-state index contributed by atoms with van der Waals surface area (Å²) in [5, 5.41) is 0.462. The Morgan fingerprint density at radius 1 is 1.39 bits per heavy atom. The molecule has 1 aromatic heterocycles. The number of carbonyl (C=O) groups is 1. The van der Waals surface area contributed by atoms with E-state index >= 15 is 0 Å². The van der Waals surface area contributed by atoms with Crippen LogP contribution in [-0.4, -0.2) is 59.3 Å². The van der Waals surface area contributed by atoms with E-state index in [0.717, 1.165) is 0 Å². The minimum absolute atomic E-state index is 0.0179. The molecule has 128 valence electrons. The van der Waals surface area contributed by atoms with E-state index in [1.165, 1.54) is 13.3 Å². The number of halogens is 1. The number of methoxy groups -OCH3 is 1. The molecule has 1 aliphatic rings. The van der Waals surface area contributed by atoms with Crippen LogP contribution in [0.3, 0.4) is 0 Å².